The lowest BCUT2D eigenvalue weighted by Crippen LogP contribution is -2.57. The molecule has 0 radical (unpaired) electrons. The Kier molecular flexibility index (Phi) is 9.71. The van der Waals surface area contributed by atoms with Crippen molar-refractivity contribution in [2.24, 2.45) is 0 Å². The van der Waals surface area contributed by atoms with E-state index in [1.54, 1.807) is 5.01 Å². The van der Waals surface area contributed by atoms with E-state index in [2.05, 4.69) is 10.3 Å². The molecule has 0 bridgehead atoms. The third-order valence-electron chi connectivity index (χ3n) is 10.4. The largest absolute Gasteiger partial charge is 0.480 e. The molecule has 6 rings (SSSR count). The maximum absolute atomic E-state index is 14.0. The van der Waals surface area contributed by atoms with Crippen molar-refractivity contribution in [2.75, 3.05) is 39.3 Å². The standard InChI is InChI=1S/C36H40Cl2N4O4/c37-29-14-13-28(24-30(29)38)35(16-23-41(25-35)32(43)26-8-3-1-4-9-26)15-20-40-21-17-36(18-22-40,27-10-5-2-6-11-27)34(46)39-42-19-7-12-31(42)33(44)45/h1-6,8-11,13-14,24,31H,7,12,15-23,25H2,(H,39,46)(H,44,45). The number of carboxylic acids is 1. The highest BCUT2D eigenvalue weighted by Gasteiger charge is 2.46. The fourth-order valence-corrected chi connectivity index (χ4v) is 7.85. The third-order valence-corrected chi connectivity index (χ3v) is 11.1. The number of hydrogen-bond acceptors (Lipinski definition) is 5. The van der Waals surface area contributed by atoms with Gasteiger partial charge < -0.3 is 14.9 Å². The van der Waals surface area contributed by atoms with Gasteiger partial charge in [0, 0.05) is 30.6 Å². The number of carbonyl (C=O) groups is 3. The first-order valence-electron chi connectivity index (χ1n) is 16.1. The van der Waals surface area contributed by atoms with Gasteiger partial charge in [0.1, 0.15) is 6.04 Å². The molecule has 2 atom stereocenters. The summed E-state index contributed by atoms with van der Waals surface area (Å²) in [6.07, 6.45) is 4.13. The Labute approximate surface area is 280 Å². The lowest BCUT2D eigenvalue weighted by atomic mass is 9.71. The van der Waals surface area contributed by atoms with Crippen LogP contribution in [0.5, 0.6) is 0 Å². The van der Waals surface area contributed by atoms with Crippen molar-refractivity contribution in [3.8, 4) is 0 Å². The van der Waals surface area contributed by atoms with Crippen LogP contribution in [0.3, 0.4) is 0 Å². The number of nitrogens with one attached hydrogen (secondary N) is 1. The van der Waals surface area contributed by atoms with Gasteiger partial charge in [-0.05, 0) is 93.6 Å². The molecule has 8 nitrogen and oxygen atoms in total. The molecule has 0 spiro atoms. The van der Waals surface area contributed by atoms with Gasteiger partial charge in [-0.25, -0.2) is 5.01 Å². The zero-order valence-electron chi connectivity index (χ0n) is 25.8. The monoisotopic (exact) mass is 662 g/mol. The normalized spacial score (nSPS) is 23.3. The van der Waals surface area contributed by atoms with Crippen molar-refractivity contribution in [1.82, 2.24) is 20.2 Å². The minimum atomic E-state index is -0.909. The van der Waals surface area contributed by atoms with Crippen molar-refractivity contribution < 1.29 is 19.5 Å². The van der Waals surface area contributed by atoms with Gasteiger partial charge in [-0.3, -0.25) is 19.8 Å². The molecule has 3 heterocycles. The van der Waals surface area contributed by atoms with E-state index in [-0.39, 0.29) is 17.2 Å². The van der Waals surface area contributed by atoms with Crippen molar-refractivity contribution in [2.45, 2.75) is 55.4 Å². The van der Waals surface area contributed by atoms with Crippen molar-refractivity contribution in [3.63, 3.8) is 0 Å². The van der Waals surface area contributed by atoms with Crippen LogP contribution in [0.1, 0.15) is 60.0 Å². The van der Waals surface area contributed by atoms with Gasteiger partial charge >= 0.3 is 5.97 Å². The van der Waals surface area contributed by atoms with Gasteiger partial charge in [0.2, 0.25) is 5.91 Å². The number of benzene rings is 3. The van der Waals surface area contributed by atoms with Crippen LogP contribution in [0.25, 0.3) is 0 Å². The van der Waals surface area contributed by atoms with E-state index in [9.17, 15) is 19.5 Å². The second kappa shape index (κ2) is 13.7. The quantitative estimate of drug-likeness (QED) is 0.302. The number of halogens is 2. The third kappa shape index (κ3) is 6.54. The highest BCUT2D eigenvalue weighted by Crippen LogP contribution is 2.42. The van der Waals surface area contributed by atoms with Crippen LogP contribution >= 0.6 is 23.2 Å². The topological polar surface area (TPSA) is 93.2 Å². The van der Waals surface area contributed by atoms with Crippen LogP contribution in [0.2, 0.25) is 10.0 Å². The maximum atomic E-state index is 14.0. The number of nitrogens with zero attached hydrogens (tertiary/aromatic N) is 3. The van der Waals surface area contributed by atoms with E-state index in [0.29, 0.717) is 54.5 Å². The van der Waals surface area contributed by atoms with Gasteiger partial charge in [-0.1, -0.05) is 77.8 Å². The highest BCUT2D eigenvalue weighted by molar-refractivity contribution is 6.42. The summed E-state index contributed by atoms with van der Waals surface area (Å²) < 4.78 is 0. The minimum absolute atomic E-state index is 0.0299. The lowest BCUT2D eigenvalue weighted by molar-refractivity contribution is -0.145. The number of carbonyl (C=O) groups excluding carboxylic acids is 2. The molecule has 10 heteroatoms. The highest BCUT2D eigenvalue weighted by atomic mass is 35.5. The summed E-state index contributed by atoms with van der Waals surface area (Å²) in [7, 11) is 0. The smallest absolute Gasteiger partial charge is 0.322 e. The number of aliphatic carboxylic acids is 1. The Bertz CT molecular complexity index is 1560. The predicted molar refractivity (Wildman–Crippen MR) is 179 cm³/mol. The Morgan fingerprint density at radius 1 is 0.826 bits per heavy atom. The van der Waals surface area contributed by atoms with Gasteiger partial charge in [0.15, 0.2) is 0 Å². The van der Waals surface area contributed by atoms with Crippen molar-refractivity contribution in [1.29, 1.82) is 0 Å². The summed E-state index contributed by atoms with van der Waals surface area (Å²) in [6, 6.07) is 24.4. The molecule has 2 amide bonds. The van der Waals surface area contributed by atoms with Crippen LogP contribution in [-0.4, -0.2) is 83.0 Å². The zero-order chi connectivity index (χ0) is 32.3. The Hall–Kier alpha value is -3.43. The first kappa shape index (κ1) is 32.5. The lowest BCUT2D eigenvalue weighted by Gasteiger charge is -2.43. The van der Waals surface area contributed by atoms with Gasteiger partial charge in [-0.15, -0.1) is 0 Å². The van der Waals surface area contributed by atoms with E-state index < -0.39 is 17.4 Å². The summed E-state index contributed by atoms with van der Waals surface area (Å²) in [6.45, 7) is 4.00. The Balaban J connectivity index is 1.18. The van der Waals surface area contributed by atoms with Crippen LogP contribution in [0.4, 0.5) is 0 Å². The summed E-state index contributed by atoms with van der Waals surface area (Å²) in [5.74, 6) is -1.01. The second-order valence-corrected chi connectivity index (χ2v) is 13.7. The molecule has 3 aliphatic heterocycles. The first-order valence-corrected chi connectivity index (χ1v) is 16.8. The van der Waals surface area contributed by atoms with Crippen LogP contribution in [0, 0.1) is 0 Å². The number of carboxylic acid groups (broad SMARTS) is 1. The van der Waals surface area contributed by atoms with Gasteiger partial charge in [-0.2, -0.15) is 0 Å². The molecule has 3 aromatic rings. The molecule has 2 N–H and O–H groups in total. The first-order chi connectivity index (χ1) is 22.2. The van der Waals surface area contributed by atoms with Crippen molar-refractivity contribution >= 4 is 41.0 Å². The van der Waals surface area contributed by atoms with E-state index in [4.69, 9.17) is 23.2 Å². The van der Waals surface area contributed by atoms with E-state index in [1.165, 1.54) is 0 Å². The maximum Gasteiger partial charge on any atom is 0.322 e. The molecule has 0 aromatic heterocycles. The number of piperidine rings is 1. The second-order valence-electron chi connectivity index (χ2n) is 12.9. The molecule has 3 fully saturated rings. The predicted octanol–water partition coefficient (Wildman–Crippen LogP) is 5.78. The van der Waals surface area contributed by atoms with E-state index in [1.807, 2.05) is 83.8 Å². The molecule has 0 aliphatic carbocycles. The summed E-state index contributed by atoms with van der Waals surface area (Å²) >= 11 is 12.8. The van der Waals surface area contributed by atoms with Gasteiger partial charge in [0.05, 0.1) is 15.5 Å². The number of hydrazine groups is 1. The Morgan fingerprint density at radius 3 is 2.20 bits per heavy atom. The Morgan fingerprint density at radius 2 is 1.52 bits per heavy atom. The summed E-state index contributed by atoms with van der Waals surface area (Å²) in [5, 5.41) is 12.3. The number of hydrogen-bond donors (Lipinski definition) is 2. The van der Waals surface area contributed by atoms with Crippen LogP contribution in [-0.2, 0) is 20.4 Å². The summed E-state index contributed by atoms with van der Waals surface area (Å²) in [4.78, 5) is 43.6. The fourth-order valence-electron chi connectivity index (χ4n) is 7.55. The number of likely N-dealkylation sites (tertiary alicyclic amines) is 2. The van der Waals surface area contributed by atoms with E-state index in [0.717, 1.165) is 50.0 Å². The average Bonchev–Trinajstić information content (AvgIpc) is 3.74. The molecule has 46 heavy (non-hydrogen) atoms. The van der Waals surface area contributed by atoms with Crippen LogP contribution in [0.15, 0.2) is 78.9 Å². The van der Waals surface area contributed by atoms with Crippen LogP contribution < -0.4 is 5.43 Å². The summed E-state index contributed by atoms with van der Waals surface area (Å²) in [5.41, 5.74) is 4.69. The molecule has 3 saturated heterocycles. The number of amides is 2. The minimum Gasteiger partial charge on any atom is -0.480 e. The zero-order valence-corrected chi connectivity index (χ0v) is 27.3. The SMILES string of the molecule is O=C(O)C1CCCN1NC(=O)C1(c2ccccc2)CCN(CCC2(c3ccc(Cl)c(Cl)c3)CCN(C(=O)c3ccccc3)C2)CC1. The fraction of sp³-hybridized carbons (Fsp3) is 0.417. The molecule has 242 valence electrons. The molecule has 3 aromatic carbocycles. The van der Waals surface area contributed by atoms with Gasteiger partial charge in [0.25, 0.3) is 5.91 Å². The molecule has 2 unspecified atom stereocenters. The number of rotatable bonds is 9. The molecule has 0 saturated carbocycles. The molecular formula is C36H40Cl2N4O4. The molecular weight excluding hydrogens is 623 g/mol. The van der Waals surface area contributed by atoms with Crippen molar-refractivity contribution in [3.05, 3.63) is 106 Å². The molecule has 3 aliphatic rings. The van der Waals surface area contributed by atoms with E-state index >= 15 is 0 Å². The average molecular weight is 664 g/mol.